The van der Waals surface area contributed by atoms with E-state index < -0.39 is 35.9 Å². The van der Waals surface area contributed by atoms with Gasteiger partial charge >= 0.3 is 12.2 Å². The minimum atomic E-state index is -0.761. The van der Waals surface area contributed by atoms with E-state index in [2.05, 4.69) is 25.5 Å². The predicted molar refractivity (Wildman–Crippen MR) is 274 cm³/mol. The highest BCUT2D eigenvalue weighted by Gasteiger charge is 2.42. The first-order valence-electron chi connectivity index (χ1n) is 26.5. The van der Waals surface area contributed by atoms with Crippen LogP contribution in [-0.4, -0.2) is 106 Å². The highest BCUT2D eigenvalue weighted by molar-refractivity contribution is 5.88. The van der Waals surface area contributed by atoms with Crippen LogP contribution in [0.4, 0.5) is 29.7 Å². The molecule has 16 nitrogen and oxygen atoms in total. The molecule has 1 aliphatic carbocycles. The van der Waals surface area contributed by atoms with Gasteiger partial charge < -0.3 is 49.7 Å². The number of hydrogen-bond donors (Lipinski definition) is 4. The minimum absolute atomic E-state index is 0.0419. The highest BCUT2D eigenvalue weighted by atomic mass is 19.1. The molecule has 390 valence electrons. The second-order valence-corrected chi connectivity index (χ2v) is 21.9. The van der Waals surface area contributed by atoms with E-state index in [0.29, 0.717) is 85.6 Å². The van der Waals surface area contributed by atoms with Gasteiger partial charge in [0.25, 0.3) is 0 Å². The third-order valence-electron chi connectivity index (χ3n) is 16.8. The number of fused-ring (bicyclic) bond motifs is 2. The Labute approximate surface area is 425 Å². The monoisotopic (exact) mass is 1000 g/mol. The van der Waals surface area contributed by atoms with Gasteiger partial charge in [-0.2, -0.15) is 0 Å². The molecular weight excluding hydrogens is 935 g/mol. The Morgan fingerprint density at radius 1 is 0.616 bits per heavy atom. The molecule has 1 spiro atoms. The van der Waals surface area contributed by atoms with Crippen molar-refractivity contribution in [2.75, 3.05) is 50.2 Å². The van der Waals surface area contributed by atoms with Crippen LogP contribution in [0.3, 0.4) is 0 Å². The van der Waals surface area contributed by atoms with E-state index in [4.69, 9.17) is 19.4 Å². The van der Waals surface area contributed by atoms with Gasteiger partial charge in [0.2, 0.25) is 11.8 Å². The summed E-state index contributed by atoms with van der Waals surface area (Å²) in [4.78, 5) is 77.2. The average molecular weight is 1010 g/mol. The fraction of sp³-hybridized carbons (Fsp3) is 0.564. The summed E-state index contributed by atoms with van der Waals surface area (Å²) in [5, 5.41) is 5.44. The van der Waals surface area contributed by atoms with Gasteiger partial charge in [-0.25, -0.2) is 28.3 Å². The molecule has 0 unspecified atom stereocenters. The van der Waals surface area contributed by atoms with Crippen LogP contribution in [0.2, 0.25) is 0 Å². The summed E-state index contributed by atoms with van der Waals surface area (Å²) in [6.45, 7) is 9.86. The fourth-order valence-electron chi connectivity index (χ4n) is 12.9. The zero-order chi connectivity index (χ0) is 51.3. The summed E-state index contributed by atoms with van der Waals surface area (Å²) >= 11 is 0. The third kappa shape index (κ3) is 9.66. The lowest BCUT2D eigenvalue weighted by atomic mass is 9.77. The molecule has 5 aromatic rings. The SMILES string of the molecule is COC(=O)N[C@H](C(=O)N1CCC[C@H]1c1nc2cc([C@H]3CC[C@H](c4ccc5[nH]c([C@@H]6CCCN6C(=O)[C@@H](NC(=O)OC)C(C)C)nc5c4)N3c3cc(F)c(N4CCC5(CCCC5)CC4)c(F)c3)ccc2[nH]1)C(C)C. The predicted octanol–water partition coefficient (Wildman–Crippen LogP) is 10.0. The largest absolute Gasteiger partial charge is 0.453 e. The molecule has 0 bridgehead atoms. The molecular formula is C55H70F2N10O6. The number of aromatic nitrogens is 4. The molecule has 0 radical (unpaired) electrons. The van der Waals surface area contributed by atoms with E-state index in [0.717, 1.165) is 47.8 Å². The maximum Gasteiger partial charge on any atom is 0.407 e. The number of halogens is 2. The number of nitrogens with zero attached hydrogens (tertiary/aromatic N) is 6. The molecule has 1 saturated carbocycles. The van der Waals surface area contributed by atoms with Gasteiger partial charge in [-0.15, -0.1) is 0 Å². The number of hydrogen-bond acceptors (Lipinski definition) is 10. The summed E-state index contributed by atoms with van der Waals surface area (Å²) in [6.07, 6.45) is 9.75. The van der Waals surface area contributed by atoms with Crippen LogP contribution in [0.25, 0.3) is 22.1 Å². The van der Waals surface area contributed by atoms with Gasteiger partial charge in [-0.1, -0.05) is 52.7 Å². The molecule has 4 amide bonds. The molecule has 18 heteroatoms. The summed E-state index contributed by atoms with van der Waals surface area (Å²) in [6, 6.07) is 12.5. The van der Waals surface area contributed by atoms with Crippen molar-refractivity contribution in [2.45, 2.75) is 141 Å². The zero-order valence-electron chi connectivity index (χ0n) is 42.9. The number of imidazole rings is 2. The molecule has 73 heavy (non-hydrogen) atoms. The summed E-state index contributed by atoms with van der Waals surface area (Å²) < 4.78 is 43.2. The summed E-state index contributed by atoms with van der Waals surface area (Å²) in [5.74, 6) is -0.550. The number of benzene rings is 3. The number of rotatable bonds is 12. The number of anilines is 2. The van der Waals surface area contributed by atoms with Crippen LogP contribution >= 0.6 is 0 Å². The lowest BCUT2D eigenvalue weighted by Crippen LogP contribution is -2.51. The molecule has 10 rings (SSSR count). The second kappa shape index (κ2) is 20.5. The van der Waals surface area contributed by atoms with Crippen molar-refractivity contribution < 1.29 is 37.4 Å². The third-order valence-corrected chi connectivity index (χ3v) is 16.8. The summed E-state index contributed by atoms with van der Waals surface area (Å²) in [5.41, 5.74) is 5.70. The first-order valence-corrected chi connectivity index (χ1v) is 26.5. The Kier molecular flexibility index (Phi) is 14.0. The van der Waals surface area contributed by atoms with Gasteiger partial charge in [-0.05, 0) is 129 Å². The lowest BCUT2D eigenvalue weighted by Gasteiger charge is -2.41. The smallest absolute Gasteiger partial charge is 0.407 e. The Bertz CT molecular complexity index is 2700. The second-order valence-electron chi connectivity index (χ2n) is 21.9. The summed E-state index contributed by atoms with van der Waals surface area (Å²) in [7, 11) is 2.56. The van der Waals surface area contributed by atoms with Crippen LogP contribution in [0, 0.1) is 28.9 Å². The van der Waals surface area contributed by atoms with Crippen molar-refractivity contribution in [1.29, 1.82) is 0 Å². The number of carbonyl (C=O) groups excluding carboxylic acids is 4. The average Bonchev–Trinajstić information content (AvgIpc) is 4.25. The quantitative estimate of drug-likeness (QED) is 0.0939. The topological polar surface area (TPSA) is 181 Å². The molecule has 4 aliphatic heterocycles. The minimum Gasteiger partial charge on any atom is -0.453 e. The van der Waals surface area contributed by atoms with Gasteiger partial charge in [0.1, 0.15) is 29.4 Å². The first kappa shape index (κ1) is 50.1. The number of methoxy groups -OCH3 is 2. The zero-order valence-corrected chi connectivity index (χ0v) is 42.9. The number of carbonyl (C=O) groups is 4. The van der Waals surface area contributed by atoms with Crippen molar-refractivity contribution in [3.63, 3.8) is 0 Å². The van der Waals surface area contributed by atoms with Crippen molar-refractivity contribution in [1.82, 2.24) is 40.4 Å². The number of amides is 4. The van der Waals surface area contributed by atoms with E-state index in [-0.39, 0.29) is 53.5 Å². The van der Waals surface area contributed by atoms with E-state index in [1.165, 1.54) is 52.0 Å². The van der Waals surface area contributed by atoms with Crippen molar-refractivity contribution >= 4 is 57.4 Å². The Morgan fingerprint density at radius 3 is 1.49 bits per heavy atom. The van der Waals surface area contributed by atoms with E-state index in [1.807, 2.05) is 69.0 Å². The molecule has 3 aromatic carbocycles. The number of nitrogens with one attached hydrogen (secondary N) is 4. The van der Waals surface area contributed by atoms with E-state index >= 15 is 8.78 Å². The normalized spacial score (nSPS) is 22.8. The molecule has 2 aromatic heterocycles. The van der Waals surface area contributed by atoms with Gasteiger partial charge in [0.15, 0.2) is 11.6 Å². The van der Waals surface area contributed by atoms with Crippen LogP contribution in [0.5, 0.6) is 0 Å². The van der Waals surface area contributed by atoms with Gasteiger partial charge in [0.05, 0.1) is 60.5 Å². The van der Waals surface area contributed by atoms with Crippen molar-refractivity contribution in [3.8, 4) is 0 Å². The molecule has 4 saturated heterocycles. The van der Waals surface area contributed by atoms with Crippen molar-refractivity contribution in [3.05, 3.63) is 82.9 Å². The van der Waals surface area contributed by atoms with E-state index in [9.17, 15) is 19.2 Å². The molecule has 6 heterocycles. The standard InChI is InChI=1S/C55H70F2N10O6/c1-31(2)46(62-53(70)72-5)51(68)65-23-9-11-44(65)49-58-38-15-13-33(27-40(38)60-49)42-17-18-43(67(42)35-29-36(56)48(37(57)30-35)64-25-21-55(22-26-64)19-7-8-20-55)34-14-16-39-41(28-34)61-50(59-39)45-12-10-24-66(45)52(69)47(32(3)4)63-54(71)73-6/h13-16,27-32,42-47H,7-12,17-26H2,1-6H3,(H,58,60)(H,59,61)(H,62,70)(H,63,71)/t42-,43-,44+,45+,46+,47+/m1/s1. The molecule has 5 fully saturated rings. The number of piperidine rings is 1. The highest BCUT2D eigenvalue weighted by Crippen LogP contribution is 2.51. The Balaban J connectivity index is 0.966. The maximum absolute atomic E-state index is 16.8. The van der Waals surface area contributed by atoms with Crippen LogP contribution in [-0.2, 0) is 19.1 Å². The Hall–Kier alpha value is -6.46. The molecule has 4 N–H and O–H groups in total. The number of alkyl carbamates (subject to hydrolysis) is 2. The van der Waals surface area contributed by atoms with Crippen molar-refractivity contribution in [2.24, 2.45) is 17.3 Å². The van der Waals surface area contributed by atoms with Crippen LogP contribution in [0.15, 0.2) is 48.5 Å². The number of likely N-dealkylation sites (tertiary alicyclic amines) is 2. The maximum atomic E-state index is 16.8. The number of aromatic amines is 2. The first-order chi connectivity index (χ1) is 35.1. The Morgan fingerprint density at radius 2 is 1.07 bits per heavy atom. The molecule has 6 atom stereocenters. The van der Waals surface area contributed by atoms with Gasteiger partial charge in [-0.3, -0.25) is 9.59 Å². The number of ether oxygens (including phenoxy) is 2. The fourth-order valence-corrected chi connectivity index (χ4v) is 12.9. The molecule has 5 aliphatic rings. The number of H-pyrrole nitrogens is 2. The lowest BCUT2D eigenvalue weighted by molar-refractivity contribution is -0.136. The van der Waals surface area contributed by atoms with Crippen LogP contribution < -0.4 is 20.4 Å². The van der Waals surface area contributed by atoms with Crippen LogP contribution in [0.1, 0.15) is 152 Å². The van der Waals surface area contributed by atoms with Gasteiger partial charge in [0, 0.05) is 31.9 Å². The van der Waals surface area contributed by atoms with E-state index in [1.54, 1.807) is 9.80 Å².